The van der Waals surface area contributed by atoms with Crippen LogP contribution in [0.1, 0.15) is 118 Å². The molecule has 0 saturated carbocycles. The van der Waals surface area contributed by atoms with E-state index in [0.29, 0.717) is 50.4 Å². The van der Waals surface area contributed by atoms with Gasteiger partial charge in [-0.2, -0.15) is 0 Å². The Morgan fingerprint density at radius 1 is 0.429 bits per heavy atom. The van der Waals surface area contributed by atoms with Gasteiger partial charge < -0.3 is 19.7 Å². The molecule has 0 saturated heterocycles. The van der Waals surface area contributed by atoms with E-state index in [1.165, 1.54) is 0 Å². The van der Waals surface area contributed by atoms with E-state index in [4.69, 9.17) is 9.47 Å². The molecule has 0 heterocycles. The van der Waals surface area contributed by atoms with Crippen LogP contribution in [0.3, 0.4) is 0 Å². The summed E-state index contributed by atoms with van der Waals surface area (Å²) in [5, 5.41) is 24.2. The van der Waals surface area contributed by atoms with Crippen LogP contribution in [-0.2, 0) is 36.5 Å². The second kappa shape index (κ2) is 15.2. The number of phenols is 2. The number of rotatable bonds is 4. The first-order valence-corrected chi connectivity index (χ1v) is 19.1. The molecular formula is C50H48O6. The highest BCUT2D eigenvalue weighted by atomic mass is 16.5. The van der Waals surface area contributed by atoms with Gasteiger partial charge in [-0.25, -0.2) is 9.59 Å². The van der Waals surface area contributed by atoms with Crippen LogP contribution >= 0.6 is 0 Å². The molecule has 1 aliphatic carbocycles. The molecule has 6 heteroatoms. The molecule has 1 aliphatic rings. The lowest BCUT2D eigenvalue weighted by Crippen LogP contribution is -2.17. The largest absolute Gasteiger partial charge is 0.507 e. The summed E-state index contributed by atoms with van der Waals surface area (Å²) < 4.78 is 12.6. The Hall–Kier alpha value is -6.14. The minimum atomic E-state index is -0.495. The summed E-state index contributed by atoms with van der Waals surface area (Å²) in [5.74, 6) is 0.0636. The third-order valence-corrected chi connectivity index (χ3v) is 10.6. The van der Waals surface area contributed by atoms with Crippen LogP contribution in [0.25, 0.3) is 0 Å². The van der Waals surface area contributed by atoms with Crippen molar-refractivity contribution in [2.75, 3.05) is 0 Å². The monoisotopic (exact) mass is 744 g/mol. The van der Waals surface area contributed by atoms with Crippen LogP contribution in [0.5, 0.6) is 23.0 Å². The third kappa shape index (κ3) is 8.11. The molecule has 0 aromatic heterocycles. The van der Waals surface area contributed by atoms with E-state index in [1.807, 2.05) is 60.7 Å². The van der Waals surface area contributed by atoms with E-state index in [0.717, 1.165) is 27.8 Å². The van der Waals surface area contributed by atoms with Crippen molar-refractivity contribution in [3.05, 3.63) is 188 Å². The lowest BCUT2D eigenvalue weighted by atomic mass is 9.81. The van der Waals surface area contributed by atoms with E-state index >= 15 is 0 Å². The second-order valence-corrected chi connectivity index (χ2v) is 16.8. The van der Waals surface area contributed by atoms with Gasteiger partial charge in [-0.05, 0) is 79.6 Å². The fourth-order valence-electron chi connectivity index (χ4n) is 7.29. The molecule has 0 unspecified atom stereocenters. The molecule has 56 heavy (non-hydrogen) atoms. The number of esters is 2. The summed E-state index contributed by atoms with van der Waals surface area (Å²) >= 11 is 0. The van der Waals surface area contributed by atoms with E-state index in [2.05, 4.69) is 53.7 Å². The van der Waals surface area contributed by atoms with Gasteiger partial charge in [0.2, 0.25) is 0 Å². The van der Waals surface area contributed by atoms with E-state index in [9.17, 15) is 19.8 Å². The Bertz CT molecular complexity index is 2430. The van der Waals surface area contributed by atoms with Gasteiger partial charge in [-0.3, -0.25) is 0 Å². The van der Waals surface area contributed by atoms with Gasteiger partial charge in [0.25, 0.3) is 0 Å². The second-order valence-electron chi connectivity index (χ2n) is 16.8. The van der Waals surface area contributed by atoms with Crippen molar-refractivity contribution in [1.82, 2.24) is 0 Å². The van der Waals surface area contributed by atoms with Crippen molar-refractivity contribution in [3.8, 4) is 23.0 Å². The van der Waals surface area contributed by atoms with Crippen molar-refractivity contribution >= 4 is 11.9 Å². The zero-order chi connectivity index (χ0) is 39.8. The maximum atomic E-state index is 13.8. The zero-order valence-electron chi connectivity index (χ0n) is 32.9. The van der Waals surface area contributed by atoms with Crippen molar-refractivity contribution in [2.45, 2.75) is 78.1 Å². The molecule has 284 valence electrons. The Morgan fingerprint density at radius 3 is 1.18 bits per heavy atom. The SMILES string of the molecule is CC(C)(C)c1cc2c(O)c(c1)Cc1cc(C(C)(C)C)cc(c1OC(=O)c1ccccc1)Cc1cccc(c1O)Cc1cccc(c1OC(=O)c1ccccc1)C2. The quantitative estimate of drug-likeness (QED) is 0.138. The van der Waals surface area contributed by atoms with Gasteiger partial charge in [0, 0.05) is 36.8 Å². The fraction of sp³-hybridized carbons (Fsp3) is 0.240. The van der Waals surface area contributed by atoms with E-state index in [1.54, 1.807) is 48.5 Å². The molecule has 2 N–H and O–H groups in total. The molecule has 0 fully saturated rings. The first-order chi connectivity index (χ1) is 26.7. The lowest BCUT2D eigenvalue weighted by molar-refractivity contribution is 0.0722. The molecule has 6 aromatic rings. The first kappa shape index (κ1) is 38.1. The maximum absolute atomic E-state index is 13.8. The third-order valence-electron chi connectivity index (χ3n) is 10.6. The van der Waals surface area contributed by atoms with Crippen molar-refractivity contribution in [1.29, 1.82) is 0 Å². The van der Waals surface area contributed by atoms with Gasteiger partial charge >= 0.3 is 11.9 Å². The first-order valence-electron chi connectivity index (χ1n) is 19.1. The summed E-state index contributed by atoms with van der Waals surface area (Å²) in [7, 11) is 0. The topological polar surface area (TPSA) is 93.1 Å². The summed E-state index contributed by atoms with van der Waals surface area (Å²) in [5.41, 5.74) is 7.92. The Labute approximate surface area is 329 Å². The zero-order valence-corrected chi connectivity index (χ0v) is 32.9. The fourth-order valence-corrected chi connectivity index (χ4v) is 7.29. The highest BCUT2D eigenvalue weighted by Gasteiger charge is 2.27. The number of carbonyl (C=O) groups excluding carboxylic acids is 2. The number of hydrogen-bond acceptors (Lipinski definition) is 6. The van der Waals surface area contributed by atoms with Crippen molar-refractivity contribution in [3.63, 3.8) is 0 Å². The molecule has 0 atom stereocenters. The number of carbonyl (C=O) groups is 2. The molecule has 0 spiro atoms. The highest BCUT2D eigenvalue weighted by molar-refractivity contribution is 5.92. The number of benzene rings is 6. The average Bonchev–Trinajstić information content (AvgIpc) is 3.16. The number of phenolic OH excluding ortho intramolecular Hbond substituents is 2. The molecule has 0 radical (unpaired) electrons. The van der Waals surface area contributed by atoms with E-state index in [-0.39, 0.29) is 48.0 Å². The number of fused-ring (bicyclic) bond motifs is 8. The predicted molar refractivity (Wildman–Crippen MR) is 221 cm³/mol. The van der Waals surface area contributed by atoms with E-state index < -0.39 is 11.9 Å². The molecule has 8 bridgehead atoms. The number of ether oxygens (including phenoxy) is 2. The molecule has 7 rings (SSSR count). The lowest BCUT2D eigenvalue weighted by Gasteiger charge is -2.26. The van der Waals surface area contributed by atoms with Crippen molar-refractivity contribution < 1.29 is 29.3 Å². The highest BCUT2D eigenvalue weighted by Crippen LogP contribution is 2.42. The molecule has 0 aliphatic heterocycles. The van der Waals surface area contributed by atoms with Crippen molar-refractivity contribution in [2.24, 2.45) is 0 Å². The normalized spacial score (nSPS) is 12.8. The number of para-hydroxylation sites is 2. The minimum Gasteiger partial charge on any atom is -0.507 e. The van der Waals surface area contributed by atoms with Gasteiger partial charge in [-0.15, -0.1) is 0 Å². The van der Waals surface area contributed by atoms with Crippen LogP contribution in [0.2, 0.25) is 0 Å². The predicted octanol–water partition coefficient (Wildman–Crippen LogP) is 10.8. The van der Waals surface area contributed by atoms with Crippen LogP contribution in [0.4, 0.5) is 0 Å². The van der Waals surface area contributed by atoms with Crippen LogP contribution in [-0.4, -0.2) is 22.2 Å². The van der Waals surface area contributed by atoms with Gasteiger partial charge in [0.15, 0.2) is 0 Å². The van der Waals surface area contributed by atoms with Gasteiger partial charge in [-0.1, -0.05) is 139 Å². The summed E-state index contributed by atoms with van der Waals surface area (Å²) in [6, 6.07) is 37.4. The molecule has 0 amide bonds. The standard InChI is InChI=1S/C50H48O6/c1-49(2,3)41-27-37-25-36-22-14-21-35(45(36)55-47(53)31-15-9-7-10-16-31)23-33-19-13-20-34(43(33)51)24-39-29-42(50(4,5)6)30-40(26-38(28-41)44(37)52)46(39)56-48(54)32-17-11-8-12-18-32/h7-22,27-30,51-52H,23-26H2,1-6H3. The summed E-state index contributed by atoms with van der Waals surface area (Å²) in [6.45, 7) is 12.8. The van der Waals surface area contributed by atoms with Crippen LogP contribution in [0, 0.1) is 0 Å². The minimum absolute atomic E-state index is 0.117. The van der Waals surface area contributed by atoms with Crippen LogP contribution < -0.4 is 9.47 Å². The summed E-state index contributed by atoms with van der Waals surface area (Å²) in [6.07, 6.45) is 1.07. The van der Waals surface area contributed by atoms with Crippen LogP contribution in [0.15, 0.2) is 121 Å². The Kier molecular flexibility index (Phi) is 10.3. The van der Waals surface area contributed by atoms with Gasteiger partial charge in [0.1, 0.15) is 23.0 Å². The maximum Gasteiger partial charge on any atom is 0.343 e. The summed E-state index contributed by atoms with van der Waals surface area (Å²) in [4.78, 5) is 27.4. The van der Waals surface area contributed by atoms with Gasteiger partial charge in [0.05, 0.1) is 11.1 Å². The molecular weight excluding hydrogens is 697 g/mol. The number of hydrogen-bond donors (Lipinski definition) is 2. The number of aromatic hydroxyl groups is 2. The molecule has 6 aromatic carbocycles. The Morgan fingerprint density at radius 2 is 0.750 bits per heavy atom. The smallest absolute Gasteiger partial charge is 0.343 e. The molecule has 6 nitrogen and oxygen atoms in total. The average molecular weight is 745 g/mol. The Balaban J connectivity index is 1.48.